The van der Waals surface area contributed by atoms with E-state index in [4.69, 9.17) is 4.98 Å². The van der Waals surface area contributed by atoms with Gasteiger partial charge in [0.15, 0.2) is 0 Å². The van der Waals surface area contributed by atoms with E-state index in [1.54, 1.807) is 0 Å². The number of hydrogen-bond donors (Lipinski definition) is 0. The third-order valence-electron chi connectivity index (χ3n) is 11.0. The normalized spacial score (nSPS) is 17.4. The molecule has 0 N–H and O–H groups in total. The van der Waals surface area contributed by atoms with Crippen molar-refractivity contribution >= 4 is 60.7 Å². The molecule has 8 aromatic rings. The van der Waals surface area contributed by atoms with Crippen LogP contribution in [0.1, 0.15) is 28.3 Å². The van der Waals surface area contributed by atoms with Crippen molar-refractivity contribution in [2.24, 2.45) is 0 Å². The lowest BCUT2D eigenvalue weighted by Gasteiger charge is -2.29. The topological polar surface area (TPSA) is 21.1 Å². The van der Waals surface area contributed by atoms with Crippen LogP contribution in [0.4, 0.5) is 11.4 Å². The number of allylic oxidation sites excluding steroid dienone is 3. The predicted molar refractivity (Wildman–Crippen MR) is 216 cm³/mol. The zero-order valence-electron chi connectivity index (χ0n) is 27.9. The molecule has 3 nitrogen and oxygen atoms in total. The van der Waals surface area contributed by atoms with Gasteiger partial charge in [-0.15, -0.1) is 11.3 Å². The van der Waals surface area contributed by atoms with E-state index in [9.17, 15) is 0 Å². The molecule has 3 aliphatic rings. The Morgan fingerprint density at radius 1 is 0.667 bits per heavy atom. The lowest BCUT2D eigenvalue weighted by Crippen LogP contribution is -2.28. The first-order valence-electron chi connectivity index (χ1n) is 17.9. The van der Waals surface area contributed by atoms with Gasteiger partial charge in [0.25, 0.3) is 0 Å². The maximum absolute atomic E-state index is 5.32. The van der Waals surface area contributed by atoms with E-state index in [2.05, 4.69) is 173 Å². The second-order valence-electron chi connectivity index (χ2n) is 13.8. The number of aryl methyl sites for hydroxylation is 1. The molecule has 0 bridgehead atoms. The molecule has 0 radical (unpaired) electrons. The van der Waals surface area contributed by atoms with Gasteiger partial charge in [-0.1, -0.05) is 121 Å². The second-order valence-corrected chi connectivity index (χ2v) is 14.9. The first-order chi connectivity index (χ1) is 25.3. The van der Waals surface area contributed by atoms with E-state index in [0.29, 0.717) is 0 Å². The van der Waals surface area contributed by atoms with Crippen molar-refractivity contribution in [1.29, 1.82) is 0 Å². The van der Waals surface area contributed by atoms with E-state index in [-0.39, 0.29) is 12.0 Å². The molecule has 0 spiro atoms. The number of aromatic nitrogens is 2. The second kappa shape index (κ2) is 11.3. The standard InChI is InChI=1S/C47H33N3S/c1-2-12-30(13-3-1)40-19-11-23-45(48-40)50-42-21-8-5-17-35(42)38-26-25-37-34-16-4-7-20-41(34)49(46(37)47(38)50)33-15-10-14-31(28-33)32-24-27-44-39(29-32)36-18-6-9-22-43(36)51-44/h1-8,10-21,23-29,34,41H,9,22H2. The van der Waals surface area contributed by atoms with Crippen molar-refractivity contribution in [1.82, 2.24) is 9.55 Å². The summed E-state index contributed by atoms with van der Waals surface area (Å²) >= 11 is 1.95. The van der Waals surface area contributed by atoms with Gasteiger partial charge >= 0.3 is 0 Å². The first kappa shape index (κ1) is 28.8. The molecule has 3 aromatic heterocycles. The van der Waals surface area contributed by atoms with Gasteiger partial charge in [0.05, 0.1) is 28.5 Å². The Hall–Kier alpha value is -5.97. The lowest BCUT2D eigenvalue weighted by molar-refractivity contribution is 0.745. The van der Waals surface area contributed by atoms with Gasteiger partial charge in [0, 0.05) is 42.9 Å². The number of hydrogen-bond acceptors (Lipinski definition) is 3. The average molecular weight is 672 g/mol. The Bertz CT molecular complexity index is 2780. The summed E-state index contributed by atoms with van der Waals surface area (Å²) in [5, 5.41) is 3.85. The zero-order chi connectivity index (χ0) is 33.5. The monoisotopic (exact) mass is 671 g/mol. The van der Waals surface area contributed by atoms with Crippen LogP contribution in [-0.4, -0.2) is 15.6 Å². The molecule has 2 atom stereocenters. The van der Waals surface area contributed by atoms with Crippen molar-refractivity contribution < 1.29 is 0 Å². The zero-order valence-corrected chi connectivity index (χ0v) is 28.7. The number of anilines is 2. The summed E-state index contributed by atoms with van der Waals surface area (Å²) in [7, 11) is 0. The summed E-state index contributed by atoms with van der Waals surface area (Å²) in [6.45, 7) is 0. The lowest BCUT2D eigenvalue weighted by atomic mass is 9.91. The van der Waals surface area contributed by atoms with Gasteiger partial charge in [-0.05, 0) is 77.6 Å². The molecule has 4 heteroatoms. The molecule has 2 unspecified atom stereocenters. The van der Waals surface area contributed by atoms with E-state index < -0.39 is 0 Å². The molecule has 0 amide bonds. The van der Waals surface area contributed by atoms with Crippen molar-refractivity contribution in [3.63, 3.8) is 0 Å². The molecular weight excluding hydrogens is 639 g/mol. The molecule has 1 aliphatic heterocycles. The Kier molecular flexibility index (Phi) is 6.37. The van der Waals surface area contributed by atoms with Crippen LogP contribution in [0.5, 0.6) is 0 Å². The van der Waals surface area contributed by atoms with E-state index in [1.807, 2.05) is 11.3 Å². The quantitative estimate of drug-likeness (QED) is 0.186. The van der Waals surface area contributed by atoms with Crippen LogP contribution in [0.15, 0.2) is 158 Å². The fraction of sp³-hybridized carbons (Fsp3) is 0.0851. The summed E-state index contributed by atoms with van der Waals surface area (Å²) in [4.78, 5) is 9.42. The highest BCUT2D eigenvalue weighted by Crippen LogP contribution is 2.53. The van der Waals surface area contributed by atoms with Crippen molar-refractivity contribution in [3.05, 3.63) is 174 Å². The van der Waals surface area contributed by atoms with Crippen LogP contribution in [0, 0.1) is 0 Å². The molecule has 0 saturated heterocycles. The minimum Gasteiger partial charge on any atom is -0.332 e. The Morgan fingerprint density at radius 3 is 2.47 bits per heavy atom. The maximum atomic E-state index is 5.32. The highest BCUT2D eigenvalue weighted by atomic mass is 32.1. The van der Waals surface area contributed by atoms with E-state index in [0.717, 1.165) is 35.4 Å². The number of benzene rings is 5. The molecule has 4 heterocycles. The summed E-state index contributed by atoms with van der Waals surface area (Å²) in [6, 6.07) is 46.7. The molecule has 0 fully saturated rings. The van der Waals surface area contributed by atoms with Gasteiger partial charge < -0.3 is 4.90 Å². The van der Waals surface area contributed by atoms with Crippen LogP contribution in [0.2, 0.25) is 0 Å². The number of thiophene rings is 1. The molecule has 11 rings (SSSR count). The smallest absolute Gasteiger partial charge is 0.138 e. The van der Waals surface area contributed by atoms with E-state index in [1.165, 1.54) is 64.9 Å². The maximum Gasteiger partial charge on any atom is 0.138 e. The molecule has 5 aromatic carbocycles. The molecule has 2 aliphatic carbocycles. The Morgan fingerprint density at radius 2 is 1.51 bits per heavy atom. The highest BCUT2D eigenvalue weighted by molar-refractivity contribution is 7.19. The summed E-state index contributed by atoms with van der Waals surface area (Å²) in [5.74, 6) is 1.17. The van der Waals surface area contributed by atoms with Gasteiger partial charge in [0.2, 0.25) is 0 Å². The molecule has 51 heavy (non-hydrogen) atoms. The summed E-state index contributed by atoms with van der Waals surface area (Å²) in [6.07, 6.45) is 16.1. The minimum atomic E-state index is 0.164. The predicted octanol–water partition coefficient (Wildman–Crippen LogP) is 12.4. The van der Waals surface area contributed by atoms with Gasteiger partial charge in [-0.3, -0.25) is 4.57 Å². The van der Waals surface area contributed by atoms with Gasteiger partial charge in [-0.2, -0.15) is 0 Å². The van der Waals surface area contributed by atoms with Crippen LogP contribution in [0.25, 0.3) is 66.2 Å². The number of para-hydroxylation sites is 1. The number of nitrogens with zero attached hydrogens (tertiary/aromatic N) is 3. The fourth-order valence-corrected chi connectivity index (χ4v) is 9.87. The van der Waals surface area contributed by atoms with Crippen LogP contribution < -0.4 is 4.90 Å². The highest BCUT2D eigenvalue weighted by Gasteiger charge is 2.40. The van der Waals surface area contributed by atoms with Gasteiger partial charge in [-0.25, -0.2) is 4.98 Å². The van der Waals surface area contributed by atoms with Crippen LogP contribution in [0.3, 0.4) is 0 Å². The third-order valence-corrected chi connectivity index (χ3v) is 12.2. The summed E-state index contributed by atoms with van der Waals surface area (Å²) in [5.41, 5.74) is 12.1. The largest absolute Gasteiger partial charge is 0.332 e. The van der Waals surface area contributed by atoms with Crippen LogP contribution >= 0.6 is 11.3 Å². The molecule has 0 saturated carbocycles. The molecule has 242 valence electrons. The number of fused-ring (bicyclic) bond motifs is 10. The summed E-state index contributed by atoms with van der Waals surface area (Å²) < 4.78 is 3.78. The first-order valence-corrected chi connectivity index (χ1v) is 18.7. The minimum absolute atomic E-state index is 0.164. The van der Waals surface area contributed by atoms with Crippen molar-refractivity contribution in [3.8, 4) is 28.2 Å². The Balaban J connectivity index is 1.14. The van der Waals surface area contributed by atoms with E-state index >= 15 is 0 Å². The van der Waals surface area contributed by atoms with Crippen molar-refractivity contribution in [2.75, 3.05) is 4.90 Å². The molecular formula is C47H33N3S. The van der Waals surface area contributed by atoms with Gasteiger partial charge in [0.1, 0.15) is 5.82 Å². The van der Waals surface area contributed by atoms with Crippen molar-refractivity contribution in [2.45, 2.75) is 24.8 Å². The Labute approximate surface area is 300 Å². The fourth-order valence-electron chi connectivity index (χ4n) is 8.68. The van der Waals surface area contributed by atoms with Crippen LogP contribution in [-0.2, 0) is 6.42 Å². The average Bonchev–Trinajstić information content (AvgIpc) is 3.86. The number of rotatable bonds is 4. The number of pyridine rings is 1. The third kappa shape index (κ3) is 4.40. The SMILES string of the molecule is C1=CC2c3ccc4c5ccccc5n(-c5cccc(-c6ccccc6)n5)c4c3N(c3cccc(-c4ccc5sc6c(c5c4)C=CCC6)c3)C2C=C1.